The number of allylic oxidation sites excluding steroid dienone is 16. The van der Waals surface area contributed by atoms with E-state index in [1.165, 1.54) is 263 Å². The number of rotatable bonds is 61. The number of ether oxygens (including phenoxy) is 4. The van der Waals surface area contributed by atoms with Crippen molar-refractivity contribution in [3.8, 4) is 0 Å². The molecule has 2 fully saturated rings. The lowest BCUT2D eigenvalue weighted by atomic mass is 9.99. The van der Waals surface area contributed by atoms with Crippen molar-refractivity contribution < 1.29 is 18.9 Å². The van der Waals surface area contributed by atoms with Gasteiger partial charge in [-0.2, -0.15) is 0 Å². The van der Waals surface area contributed by atoms with Gasteiger partial charge in [0.1, 0.15) is 0 Å². The van der Waals surface area contributed by atoms with Crippen LogP contribution in [0.25, 0.3) is 0 Å². The highest BCUT2D eigenvalue weighted by molar-refractivity contribution is 4.89. The molecule has 0 aromatic rings. The van der Waals surface area contributed by atoms with Crippen LogP contribution in [-0.2, 0) is 18.9 Å². The summed E-state index contributed by atoms with van der Waals surface area (Å²) < 4.78 is 26.4. The molecule has 0 bridgehead atoms. The summed E-state index contributed by atoms with van der Waals surface area (Å²) in [5.74, 6) is -0.664. The Morgan fingerprint density at radius 2 is 0.529 bits per heavy atom. The molecule has 0 N–H and O–H groups in total. The van der Waals surface area contributed by atoms with Crippen molar-refractivity contribution in [2.45, 2.75) is 367 Å². The molecule has 0 aliphatic carbocycles. The van der Waals surface area contributed by atoms with Gasteiger partial charge in [0.05, 0.1) is 25.4 Å². The molecule has 6 nitrogen and oxygen atoms in total. The van der Waals surface area contributed by atoms with Gasteiger partial charge in [-0.25, -0.2) is 0 Å². The number of hydrogen-bond donors (Lipinski definition) is 0. The molecular weight excluding hydrogens is 1060 g/mol. The lowest BCUT2D eigenvalue weighted by molar-refractivity contribution is -0.180. The molecule has 87 heavy (non-hydrogen) atoms. The zero-order chi connectivity index (χ0) is 62.9. The standard InChI is InChI=1S/C41H75NO2.C40H73NO2/c1-5-9-11-13-15-17-19-21-23-25-27-29-31-33-36-41(43-39-40(44-41)35-38-42(7-3)8-4)37-34-32-30-28-26-24-22-20-18-16-14-12-10-6-2;1-5-7-9-11-13-15-17-19-21-23-25-27-29-31-35-40(42-38-39(43-40)34-33-37-41(3)4)36-32-30-28-26-24-22-20-18-16-14-12-10-8-6-2/h11-14,23-26,40H,5-10,15-22,27-39H2,1-4H3;9-12,21-24,39H,5-8,13-20,25-38H2,1-4H3/b13-11-,14-12-,25-23-,26-24-;11-9-,12-10-,23-21-,24-22-. The second-order valence-electron chi connectivity index (χ2n) is 26.1. The molecule has 2 heterocycles. The van der Waals surface area contributed by atoms with E-state index in [4.69, 9.17) is 18.9 Å². The maximum Gasteiger partial charge on any atom is 0.168 e. The normalized spacial score (nSPS) is 17.2. The summed E-state index contributed by atoms with van der Waals surface area (Å²) in [4.78, 5) is 4.77. The van der Waals surface area contributed by atoms with Crippen molar-refractivity contribution in [2.75, 3.05) is 53.5 Å². The third-order valence-corrected chi connectivity index (χ3v) is 17.5. The molecule has 506 valence electrons. The molecule has 0 aromatic heterocycles. The van der Waals surface area contributed by atoms with Gasteiger partial charge in [-0.3, -0.25) is 0 Å². The maximum absolute atomic E-state index is 6.73. The summed E-state index contributed by atoms with van der Waals surface area (Å²) in [5, 5.41) is 0. The van der Waals surface area contributed by atoms with E-state index in [1.54, 1.807) is 0 Å². The van der Waals surface area contributed by atoms with Crippen LogP contribution in [0.15, 0.2) is 97.2 Å². The number of unbranched alkanes of at least 4 members (excludes halogenated alkanes) is 28. The third kappa shape index (κ3) is 53.0. The Hall–Kier alpha value is -2.32. The lowest BCUT2D eigenvalue weighted by Crippen LogP contribution is -2.32. The molecule has 6 heteroatoms. The van der Waals surface area contributed by atoms with Crippen molar-refractivity contribution in [3.63, 3.8) is 0 Å². The lowest BCUT2D eigenvalue weighted by Gasteiger charge is -2.29. The molecule has 2 aliphatic heterocycles. The molecule has 0 saturated carbocycles. The van der Waals surface area contributed by atoms with Gasteiger partial charge in [0.25, 0.3) is 0 Å². The van der Waals surface area contributed by atoms with E-state index in [1.807, 2.05) is 0 Å². The Bertz CT molecular complexity index is 1580. The monoisotopic (exact) mass is 1210 g/mol. The average molecular weight is 1210 g/mol. The summed E-state index contributed by atoms with van der Waals surface area (Å²) in [6, 6.07) is 0. The van der Waals surface area contributed by atoms with Gasteiger partial charge in [-0.15, -0.1) is 0 Å². The first kappa shape index (κ1) is 82.7. The Kier molecular flexibility index (Phi) is 60.7. The van der Waals surface area contributed by atoms with Crippen molar-refractivity contribution in [2.24, 2.45) is 0 Å². The highest BCUT2D eigenvalue weighted by Gasteiger charge is 2.41. The zero-order valence-electron chi connectivity index (χ0n) is 59.4. The minimum Gasteiger partial charge on any atom is -0.347 e. The molecule has 2 aliphatic rings. The molecule has 2 rings (SSSR count). The van der Waals surface area contributed by atoms with Crippen LogP contribution in [0, 0.1) is 0 Å². The van der Waals surface area contributed by atoms with Crippen LogP contribution in [0.3, 0.4) is 0 Å². The van der Waals surface area contributed by atoms with Gasteiger partial charge in [0.2, 0.25) is 0 Å². The largest absolute Gasteiger partial charge is 0.347 e. The minimum absolute atomic E-state index is 0.255. The molecular formula is C81H148N2O4. The van der Waals surface area contributed by atoms with E-state index in [0.717, 1.165) is 77.9 Å². The summed E-state index contributed by atoms with van der Waals surface area (Å²) in [7, 11) is 4.31. The minimum atomic E-state index is -0.337. The Morgan fingerprint density at radius 1 is 0.287 bits per heavy atom. The van der Waals surface area contributed by atoms with Crippen LogP contribution in [0.4, 0.5) is 0 Å². The van der Waals surface area contributed by atoms with E-state index in [9.17, 15) is 0 Å². The van der Waals surface area contributed by atoms with Crippen LogP contribution in [-0.4, -0.2) is 87.1 Å². The molecule has 2 atom stereocenters. The first-order chi connectivity index (χ1) is 42.8. The molecule has 2 saturated heterocycles. The predicted molar refractivity (Wildman–Crippen MR) is 386 cm³/mol. The maximum atomic E-state index is 6.73. The quantitative estimate of drug-likeness (QED) is 0.0447. The van der Waals surface area contributed by atoms with Gasteiger partial charge in [-0.05, 0) is 258 Å². The Balaban J connectivity index is 0.000000870. The van der Waals surface area contributed by atoms with Gasteiger partial charge >= 0.3 is 0 Å². The van der Waals surface area contributed by atoms with E-state index >= 15 is 0 Å². The molecule has 0 aromatic carbocycles. The summed E-state index contributed by atoms with van der Waals surface area (Å²) in [6.45, 7) is 19.5. The summed E-state index contributed by atoms with van der Waals surface area (Å²) >= 11 is 0. The Labute approximate surface area is 543 Å². The van der Waals surface area contributed by atoms with Crippen LogP contribution < -0.4 is 0 Å². The summed E-state index contributed by atoms with van der Waals surface area (Å²) in [5.41, 5.74) is 0. The predicted octanol–water partition coefficient (Wildman–Crippen LogP) is 25.0. The van der Waals surface area contributed by atoms with Crippen molar-refractivity contribution >= 4 is 0 Å². The molecule has 0 amide bonds. The molecule has 2 unspecified atom stereocenters. The van der Waals surface area contributed by atoms with E-state index < -0.39 is 0 Å². The van der Waals surface area contributed by atoms with Crippen LogP contribution in [0.1, 0.15) is 343 Å². The fourth-order valence-corrected chi connectivity index (χ4v) is 11.8. The first-order valence-electron chi connectivity index (χ1n) is 38.0. The van der Waals surface area contributed by atoms with E-state index in [-0.39, 0.29) is 23.8 Å². The van der Waals surface area contributed by atoms with Gasteiger partial charge in [-0.1, -0.05) is 190 Å². The number of hydrogen-bond acceptors (Lipinski definition) is 6. The second kappa shape index (κ2) is 63.8. The average Bonchev–Trinajstić information content (AvgIpc) is 2.33. The highest BCUT2D eigenvalue weighted by Crippen LogP contribution is 2.37. The second-order valence-corrected chi connectivity index (χ2v) is 26.1. The Morgan fingerprint density at radius 3 is 0.770 bits per heavy atom. The van der Waals surface area contributed by atoms with Crippen molar-refractivity contribution in [1.29, 1.82) is 0 Å². The number of nitrogens with zero attached hydrogens (tertiary/aromatic N) is 2. The topological polar surface area (TPSA) is 43.4 Å². The SMILES string of the molecule is CCC/C=C\CCCC/C=C\CCCCCC1(CCCCC/C=C\CCCC/C=C\CCC)OCC(CCCN(C)C)O1.CCC/C=C\CCCC/C=C\CCCCCC1(CCCCC/C=C\CCCC/C=C\CCC)OCC(CCN(CC)CC)O1. The smallest absolute Gasteiger partial charge is 0.168 e. The zero-order valence-corrected chi connectivity index (χ0v) is 59.4. The van der Waals surface area contributed by atoms with Crippen molar-refractivity contribution in [1.82, 2.24) is 9.80 Å². The molecule has 0 radical (unpaired) electrons. The van der Waals surface area contributed by atoms with Gasteiger partial charge in [0, 0.05) is 32.2 Å². The fourth-order valence-electron chi connectivity index (χ4n) is 11.8. The molecule has 0 spiro atoms. The van der Waals surface area contributed by atoms with Gasteiger partial charge < -0.3 is 28.7 Å². The van der Waals surface area contributed by atoms with Crippen LogP contribution in [0.5, 0.6) is 0 Å². The third-order valence-electron chi connectivity index (χ3n) is 17.5. The fraction of sp³-hybridized carbons (Fsp3) is 0.802. The van der Waals surface area contributed by atoms with E-state index in [2.05, 4.69) is 163 Å². The van der Waals surface area contributed by atoms with Crippen LogP contribution >= 0.6 is 0 Å². The highest BCUT2D eigenvalue weighted by atomic mass is 16.7. The van der Waals surface area contributed by atoms with E-state index in [0.29, 0.717) is 0 Å². The summed E-state index contributed by atoms with van der Waals surface area (Å²) in [6.07, 6.45) is 96.4. The van der Waals surface area contributed by atoms with Gasteiger partial charge in [0.15, 0.2) is 11.6 Å². The first-order valence-corrected chi connectivity index (χ1v) is 38.0. The van der Waals surface area contributed by atoms with Crippen LogP contribution in [0.2, 0.25) is 0 Å². The van der Waals surface area contributed by atoms with Crippen molar-refractivity contribution in [3.05, 3.63) is 97.2 Å².